The number of unbranched alkanes of at least 4 members (excludes halogenated alkanes) is 4. The predicted octanol–water partition coefficient (Wildman–Crippen LogP) is 7.09. The maximum atomic E-state index is 14.4. The van der Waals surface area contributed by atoms with Crippen LogP contribution in [-0.4, -0.2) is 41.0 Å². The average molecular weight is 566 g/mol. The number of hydrogen-bond acceptors (Lipinski definition) is 4. The van der Waals surface area contributed by atoms with Crippen molar-refractivity contribution in [2.45, 2.75) is 111 Å². The van der Waals surface area contributed by atoms with Gasteiger partial charge in [-0.25, -0.2) is 4.79 Å². The van der Waals surface area contributed by atoms with Crippen molar-refractivity contribution in [2.24, 2.45) is 5.92 Å². The fourth-order valence-corrected chi connectivity index (χ4v) is 4.65. The van der Waals surface area contributed by atoms with E-state index in [0.717, 1.165) is 48.8 Å². The number of rotatable bonds is 15. The van der Waals surface area contributed by atoms with Gasteiger partial charge in [0.25, 0.3) is 0 Å². The number of hydrogen-bond donors (Lipinski definition) is 2. The molecule has 2 aromatic rings. The van der Waals surface area contributed by atoms with E-state index in [-0.39, 0.29) is 17.7 Å². The average Bonchev–Trinajstić information content (AvgIpc) is 2.93. The second-order valence-corrected chi connectivity index (χ2v) is 12.0. The zero-order valence-electron chi connectivity index (χ0n) is 26.2. The molecule has 3 unspecified atom stereocenters. The van der Waals surface area contributed by atoms with Gasteiger partial charge in [0.15, 0.2) is 0 Å². The molecule has 41 heavy (non-hydrogen) atoms. The van der Waals surface area contributed by atoms with Crippen molar-refractivity contribution in [3.63, 3.8) is 0 Å². The van der Waals surface area contributed by atoms with Gasteiger partial charge in [-0.05, 0) is 51.2 Å². The van der Waals surface area contributed by atoms with E-state index in [1.54, 1.807) is 25.7 Å². The van der Waals surface area contributed by atoms with E-state index in [4.69, 9.17) is 4.74 Å². The summed E-state index contributed by atoms with van der Waals surface area (Å²) in [6.45, 7) is 14.2. The summed E-state index contributed by atoms with van der Waals surface area (Å²) in [6.07, 6.45) is 5.07. The molecule has 0 saturated heterocycles. The van der Waals surface area contributed by atoms with Crippen molar-refractivity contribution < 1.29 is 19.1 Å². The summed E-state index contributed by atoms with van der Waals surface area (Å²) >= 11 is 0. The Morgan fingerprint density at radius 2 is 1.54 bits per heavy atom. The van der Waals surface area contributed by atoms with Gasteiger partial charge in [0.2, 0.25) is 11.8 Å². The van der Waals surface area contributed by atoms with Crippen LogP contribution in [0.5, 0.6) is 0 Å². The minimum Gasteiger partial charge on any atom is -0.444 e. The smallest absolute Gasteiger partial charge is 0.408 e. The van der Waals surface area contributed by atoms with Gasteiger partial charge in [-0.1, -0.05) is 113 Å². The molecule has 0 aliphatic heterocycles. The van der Waals surface area contributed by atoms with Gasteiger partial charge in [-0.3, -0.25) is 9.59 Å². The minimum atomic E-state index is -0.843. The molecule has 0 aliphatic carbocycles. The fourth-order valence-electron chi connectivity index (χ4n) is 4.65. The summed E-state index contributed by atoms with van der Waals surface area (Å²) in [5.41, 5.74) is 2.08. The van der Waals surface area contributed by atoms with Gasteiger partial charge in [0.1, 0.15) is 17.7 Å². The van der Waals surface area contributed by atoms with Gasteiger partial charge < -0.3 is 20.3 Å². The van der Waals surface area contributed by atoms with E-state index < -0.39 is 23.8 Å². The van der Waals surface area contributed by atoms with Crippen molar-refractivity contribution in [1.29, 1.82) is 0 Å². The molecule has 0 saturated carbocycles. The van der Waals surface area contributed by atoms with Crippen molar-refractivity contribution in [2.75, 3.05) is 6.54 Å². The van der Waals surface area contributed by atoms with Crippen LogP contribution in [0.15, 0.2) is 54.6 Å². The Hall–Kier alpha value is -3.35. The number of aryl methyl sites for hydroxylation is 1. The molecule has 3 amide bonds. The Labute approximate surface area is 247 Å². The maximum Gasteiger partial charge on any atom is 0.408 e. The lowest BCUT2D eigenvalue weighted by Crippen LogP contribution is -2.55. The lowest BCUT2D eigenvalue weighted by Gasteiger charge is -2.36. The second kappa shape index (κ2) is 16.8. The predicted molar refractivity (Wildman–Crippen MR) is 165 cm³/mol. The molecule has 7 nitrogen and oxygen atoms in total. The van der Waals surface area contributed by atoms with Crippen LogP contribution in [0.1, 0.15) is 103 Å². The van der Waals surface area contributed by atoms with Crippen LogP contribution >= 0.6 is 0 Å². The van der Waals surface area contributed by atoms with Crippen LogP contribution in [-0.2, 0) is 20.9 Å². The molecule has 2 aromatic carbocycles. The summed E-state index contributed by atoms with van der Waals surface area (Å²) in [6, 6.07) is 15.8. The third-order valence-corrected chi connectivity index (χ3v) is 7.20. The first-order chi connectivity index (χ1) is 19.5. The molecule has 0 radical (unpaired) electrons. The zero-order valence-corrected chi connectivity index (χ0v) is 26.2. The molecule has 0 spiro atoms. The number of nitrogens with one attached hydrogen (secondary N) is 2. The fraction of sp³-hybridized carbons (Fsp3) is 0.559. The van der Waals surface area contributed by atoms with Gasteiger partial charge >= 0.3 is 6.09 Å². The molecule has 0 heterocycles. The van der Waals surface area contributed by atoms with E-state index in [0.29, 0.717) is 19.5 Å². The summed E-state index contributed by atoms with van der Waals surface area (Å²) < 4.78 is 5.51. The Bertz CT molecular complexity index is 1080. The number of carbonyl (C=O) groups excluding carboxylic acids is 3. The monoisotopic (exact) mass is 565 g/mol. The molecule has 226 valence electrons. The van der Waals surface area contributed by atoms with E-state index in [1.165, 1.54) is 0 Å². The highest BCUT2D eigenvalue weighted by Gasteiger charge is 2.37. The third-order valence-electron chi connectivity index (χ3n) is 7.20. The lowest BCUT2D eigenvalue weighted by atomic mass is 9.95. The zero-order chi connectivity index (χ0) is 30.4. The summed E-state index contributed by atoms with van der Waals surface area (Å²) in [5.74, 6) is -0.690. The van der Waals surface area contributed by atoms with Gasteiger partial charge in [0, 0.05) is 13.1 Å². The number of ether oxygens (including phenoxy) is 1. The molecule has 3 atom stereocenters. The number of nitrogens with zero attached hydrogens (tertiary/aromatic N) is 1. The topological polar surface area (TPSA) is 87.7 Å². The van der Waals surface area contributed by atoms with E-state index in [2.05, 4.69) is 17.6 Å². The summed E-state index contributed by atoms with van der Waals surface area (Å²) in [7, 11) is 0. The summed E-state index contributed by atoms with van der Waals surface area (Å²) in [4.78, 5) is 42.8. The van der Waals surface area contributed by atoms with Crippen LogP contribution in [0.3, 0.4) is 0 Å². The Kier molecular flexibility index (Phi) is 13.9. The van der Waals surface area contributed by atoms with E-state index in [9.17, 15) is 14.4 Å². The van der Waals surface area contributed by atoms with Crippen molar-refractivity contribution in [3.8, 4) is 0 Å². The first-order valence-electron chi connectivity index (χ1n) is 15.1. The van der Waals surface area contributed by atoms with Gasteiger partial charge in [-0.15, -0.1) is 0 Å². The quantitative estimate of drug-likeness (QED) is 0.226. The Morgan fingerprint density at radius 3 is 2.12 bits per heavy atom. The van der Waals surface area contributed by atoms with Crippen molar-refractivity contribution >= 4 is 17.9 Å². The van der Waals surface area contributed by atoms with Crippen LogP contribution in [0.4, 0.5) is 4.79 Å². The molecular weight excluding hydrogens is 514 g/mol. The van der Waals surface area contributed by atoms with Crippen LogP contribution in [0.2, 0.25) is 0 Å². The van der Waals surface area contributed by atoms with Crippen molar-refractivity contribution in [1.82, 2.24) is 15.5 Å². The molecule has 2 rings (SSSR count). The standard InChI is InChI=1S/C34H51N3O4/c1-8-10-11-12-16-23-37(32(39)29(26(4)9-2)36-33(40)41-34(5,6)7)30(28-21-19-25(3)20-22-28)31(38)35-24-27-17-14-13-15-18-27/h13-15,17-22,26,29-30H,8-12,16,23-24H2,1-7H3,(H,35,38)(H,36,40). The highest BCUT2D eigenvalue weighted by Crippen LogP contribution is 2.26. The number of alkyl carbamates (subject to hydrolysis) is 1. The SMILES string of the molecule is CCCCCCCN(C(=O)C(NC(=O)OC(C)(C)C)C(C)CC)C(C(=O)NCc1ccccc1)c1ccc(C)cc1. The molecule has 0 fully saturated rings. The number of benzene rings is 2. The molecule has 0 aliphatic rings. The highest BCUT2D eigenvalue weighted by molar-refractivity contribution is 5.92. The Morgan fingerprint density at radius 1 is 0.902 bits per heavy atom. The van der Waals surface area contributed by atoms with E-state index >= 15 is 0 Å². The molecule has 2 N–H and O–H groups in total. The maximum absolute atomic E-state index is 14.4. The molecule has 0 bridgehead atoms. The van der Waals surface area contributed by atoms with Gasteiger partial charge in [-0.2, -0.15) is 0 Å². The minimum absolute atomic E-state index is 0.163. The lowest BCUT2D eigenvalue weighted by molar-refractivity contribution is -0.143. The third kappa shape index (κ3) is 11.6. The van der Waals surface area contributed by atoms with Crippen molar-refractivity contribution in [3.05, 3.63) is 71.3 Å². The summed E-state index contributed by atoms with van der Waals surface area (Å²) in [5, 5.41) is 5.91. The number of amides is 3. The first kappa shape index (κ1) is 33.9. The second-order valence-electron chi connectivity index (χ2n) is 12.0. The Balaban J connectivity index is 2.47. The molecule has 7 heteroatoms. The highest BCUT2D eigenvalue weighted by atomic mass is 16.6. The molecule has 0 aromatic heterocycles. The number of carbonyl (C=O) groups is 3. The van der Waals surface area contributed by atoms with E-state index in [1.807, 2.05) is 75.4 Å². The first-order valence-corrected chi connectivity index (χ1v) is 15.1. The van der Waals surface area contributed by atoms with Crippen LogP contribution in [0, 0.1) is 12.8 Å². The largest absolute Gasteiger partial charge is 0.444 e. The van der Waals surface area contributed by atoms with Crippen LogP contribution < -0.4 is 10.6 Å². The van der Waals surface area contributed by atoms with Crippen LogP contribution in [0.25, 0.3) is 0 Å². The molecular formula is C34H51N3O4. The van der Waals surface area contributed by atoms with Gasteiger partial charge in [0.05, 0.1) is 0 Å². The normalized spacial score (nSPS) is 13.5.